The second-order valence-corrected chi connectivity index (χ2v) is 9.65. The third-order valence-corrected chi connectivity index (χ3v) is 7.61. The Morgan fingerprint density at radius 3 is 2.50 bits per heavy atom. The number of amides is 2. The lowest BCUT2D eigenvalue weighted by Gasteiger charge is -2.31. The quantitative estimate of drug-likeness (QED) is 0.713. The highest BCUT2D eigenvalue weighted by Crippen LogP contribution is 2.34. The normalized spacial score (nSPS) is 19.9. The van der Waals surface area contributed by atoms with Crippen LogP contribution < -0.4 is 5.32 Å². The maximum atomic E-state index is 13.2. The maximum Gasteiger partial charge on any atom is 0.417 e. The van der Waals surface area contributed by atoms with Gasteiger partial charge in [0, 0.05) is 30.1 Å². The van der Waals surface area contributed by atoms with Crippen molar-refractivity contribution in [3.63, 3.8) is 0 Å². The summed E-state index contributed by atoms with van der Waals surface area (Å²) in [6.45, 7) is 0.620. The van der Waals surface area contributed by atoms with E-state index in [-0.39, 0.29) is 28.2 Å². The fourth-order valence-corrected chi connectivity index (χ4v) is 5.76. The molecule has 0 radical (unpaired) electrons. The van der Waals surface area contributed by atoms with Crippen molar-refractivity contribution in [2.75, 3.05) is 18.8 Å². The van der Waals surface area contributed by atoms with Gasteiger partial charge in [-0.15, -0.1) is 11.3 Å². The van der Waals surface area contributed by atoms with Crippen LogP contribution in [0.15, 0.2) is 29.6 Å². The molecule has 1 atom stereocenters. The average Bonchev–Trinajstić information content (AvgIpc) is 3.42. The molecule has 0 saturated carbocycles. The van der Waals surface area contributed by atoms with E-state index in [1.807, 2.05) is 0 Å². The number of carbonyl (C=O) groups excluding carboxylic acids is 3. The Bertz CT molecular complexity index is 1030. The van der Waals surface area contributed by atoms with E-state index < -0.39 is 23.7 Å². The molecule has 0 bridgehead atoms. The molecule has 170 valence electrons. The van der Waals surface area contributed by atoms with Gasteiger partial charge < -0.3 is 10.2 Å². The van der Waals surface area contributed by atoms with E-state index in [0.717, 1.165) is 11.1 Å². The standard InChI is InChI=1S/C21H20F3N3O3S2/c22-21(23,24)14-4-2-1-3-13(14)19(29)27-8-5-12(6-9-27)18-26-16(11-32-18)17(28)25-15-7-10-31-20(15)30/h1-4,11-12,15H,5-10H2,(H,25,28). The Labute approximate surface area is 190 Å². The molecular weight excluding hydrogens is 463 g/mol. The topological polar surface area (TPSA) is 79.4 Å². The number of aromatic nitrogens is 1. The molecule has 0 spiro atoms. The molecule has 6 nitrogen and oxygen atoms in total. The molecule has 11 heteroatoms. The van der Waals surface area contributed by atoms with E-state index in [9.17, 15) is 27.6 Å². The van der Waals surface area contributed by atoms with E-state index in [4.69, 9.17) is 0 Å². The highest BCUT2D eigenvalue weighted by atomic mass is 32.2. The average molecular weight is 484 g/mol. The number of benzene rings is 1. The number of thiazole rings is 1. The van der Waals surface area contributed by atoms with Crippen LogP contribution in [-0.4, -0.2) is 51.7 Å². The first-order valence-electron chi connectivity index (χ1n) is 10.1. The number of hydrogen-bond acceptors (Lipinski definition) is 6. The van der Waals surface area contributed by atoms with Crippen LogP contribution in [0.1, 0.15) is 56.6 Å². The van der Waals surface area contributed by atoms with E-state index in [1.165, 1.54) is 46.2 Å². The van der Waals surface area contributed by atoms with Crippen molar-refractivity contribution in [2.24, 2.45) is 0 Å². The summed E-state index contributed by atoms with van der Waals surface area (Å²) in [7, 11) is 0. The Kier molecular flexibility index (Phi) is 6.57. The molecule has 1 N–H and O–H groups in total. The van der Waals surface area contributed by atoms with Crippen molar-refractivity contribution >= 4 is 40.0 Å². The SMILES string of the molecule is O=C(NC1CCSC1=O)c1csc(C2CCN(C(=O)c3ccccc3C(F)(F)F)CC2)n1. The lowest BCUT2D eigenvalue weighted by atomic mass is 9.96. The van der Waals surface area contributed by atoms with Crippen LogP contribution in [0.3, 0.4) is 0 Å². The molecule has 4 rings (SSSR count). The number of nitrogens with one attached hydrogen (secondary N) is 1. The predicted octanol–water partition coefficient (Wildman–Crippen LogP) is 3.94. The Morgan fingerprint density at radius 2 is 1.84 bits per heavy atom. The van der Waals surface area contributed by atoms with Crippen molar-refractivity contribution < 1.29 is 27.6 Å². The van der Waals surface area contributed by atoms with E-state index >= 15 is 0 Å². The molecule has 2 saturated heterocycles. The van der Waals surface area contributed by atoms with Crippen LogP contribution in [0, 0.1) is 0 Å². The van der Waals surface area contributed by atoms with Crippen LogP contribution in [0.5, 0.6) is 0 Å². The third-order valence-electron chi connectivity index (χ3n) is 5.59. The maximum absolute atomic E-state index is 13.2. The first-order valence-corrected chi connectivity index (χ1v) is 12.0. The molecule has 1 aromatic heterocycles. The van der Waals surface area contributed by atoms with Gasteiger partial charge in [-0.2, -0.15) is 13.2 Å². The number of halogens is 3. The van der Waals surface area contributed by atoms with Gasteiger partial charge in [0.15, 0.2) is 0 Å². The zero-order valence-electron chi connectivity index (χ0n) is 16.9. The third kappa shape index (κ3) is 4.83. The summed E-state index contributed by atoms with van der Waals surface area (Å²) in [5.74, 6) is -0.303. The molecule has 1 unspecified atom stereocenters. The van der Waals surface area contributed by atoms with Gasteiger partial charge >= 0.3 is 6.18 Å². The number of rotatable bonds is 4. The lowest BCUT2D eigenvalue weighted by Crippen LogP contribution is -2.39. The molecule has 3 heterocycles. The van der Waals surface area contributed by atoms with Gasteiger partial charge in [0.05, 0.1) is 22.2 Å². The van der Waals surface area contributed by atoms with Crippen LogP contribution in [0.25, 0.3) is 0 Å². The molecule has 2 fully saturated rings. The van der Waals surface area contributed by atoms with Gasteiger partial charge in [-0.3, -0.25) is 14.4 Å². The fourth-order valence-electron chi connectivity index (χ4n) is 3.86. The molecule has 2 aromatic rings. The monoisotopic (exact) mass is 483 g/mol. The number of hydrogen-bond donors (Lipinski definition) is 1. The summed E-state index contributed by atoms with van der Waals surface area (Å²) < 4.78 is 39.7. The second-order valence-electron chi connectivity index (χ2n) is 7.66. The lowest BCUT2D eigenvalue weighted by molar-refractivity contribution is -0.138. The molecular formula is C21H20F3N3O3S2. The summed E-state index contributed by atoms with van der Waals surface area (Å²) in [5.41, 5.74) is -1.01. The van der Waals surface area contributed by atoms with Crippen molar-refractivity contribution in [1.82, 2.24) is 15.2 Å². The number of nitrogens with zero attached hydrogens (tertiary/aromatic N) is 2. The van der Waals surface area contributed by atoms with Crippen LogP contribution in [0.4, 0.5) is 13.2 Å². The predicted molar refractivity (Wildman–Crippen MR) is 115 cm³/mol. The molecule has 2 aliphatic rings. The van der Waals surface area contributed by atoms with Crippen LogP contribution >= 0.6 is 23.1 Å². The fraction of sp³-hybridized carbons (Fsp3) is 0.429. The van der Waals surface area contributed by atoms with Crippen molar-refractivity contribution in [3.8, 4) is 0 Å². The van der Waals surface area contributed by atoms with Crippen LogP contribution in [-0.2, 0) is 11.0 Å². The molecule has 32 heavy (non-hydrogen) atoms. The van der Waals surface area contributed by atoms with Gasteiger partial charge in [0.1, 0.15) is 5.69 Å². The summed E-state index contributed by atoms with van der Waals surface area (Å²) >= 11 is 2.55. The smallest absolute Gasteiger partial charge is 0.340 e. The summed E-state index contributed by atoms with van der Waals surface area (Å²) in [5, 5.41) is 5.07. The number of thioether (sulfide) groups is 1. The molecule has 2 amide bonds. The minimum atomic E-state index is -4.59. The number of carbonyl (C=O) groups is 3. The first-order chi connectivity index (χ1) is 15.2. The van der Waals surface area contributed by atoms with Gasteiger partial charge in [-0.05, 0) is 31.4 Å². The van der Waals surface area contributed by atoms with Gasteiger partial charge in [0.2, 0.25) is 5.12 Å². The zero-order chi connectivity index (χ0) is 22.9. The largest absolute Gasteiger partial charge is 0.417 e. The van der Waals surface area contributed by atoms with E-state index in [1.54, 1.807) is 5.38 Å². The molecule has 1 aromatic carbocycles. The number of piperidine rings is 1. The summed E-state index contributed by atoms with van der Waals surface area (Å²) in [6.07, 6.45) is -2.89. The van der Waals surface area contributed by atoms with Gasteiger partial charge in [0.25, 0.3) is 11.8 Å². The van der Waals surface area contributed by atoms with Crippen molar-refractivity contribution in [1.29, 1.82) is 0 Å². The minimum Gasteiger partial charge on any atom is -0.340 e. The summed E-state index contributed by atoms with van der Waals surface area (Å²) in [6, 6.07) is 4.33. The Morgan fingerprint density at radius 1 is 1.12 bits per heavy atom. The van der Waals surface area contributed by atoms with Crippen molar-refractivity contribution in [3.05, 3.63) is 51.5 Å². The van der Waals surface area contributed by atoms with Crippen LogP contribution in [0.2, 0.25) is 0 Å². The highest BCUT2D eigenvalue weighted by molar-refractivity contribution is 8.14. The Balaban J connectivity index is 1.37. The minimum absolute atomic E-state index is 0.0205. The molecule has 2 aliphatic heterocycles. The van der Waals surface area contributed by atoms with E-state index in [2.05, 4.69) is 10.3 Å². The second kappa shape index (κ2) is 9.22. The molecule has 0 aliphatic carbocycles. The highest BCUT2D eigenvalue weighted by Gasteiger charge is 2.37. The number of alkyl halides is 3. The first kappa shape index (κ1) is 22.8. The van der Waals surface area contributed by atoms with E-state index in [0.29, 0.717) is 38.1 Å². The van der Waals surface area contributed by atoms with Crippen molar-refractivity contribution in [2.45, 2.75) is 37.4 Å². The summed E-state index contributed by atoms with van der Waals surface area (Å²) in [4.78, 5) is 42.6. The zero-order valence-corrected chi connectivity index (χ0v) is 18.5. The van der Waals surface area contributed by atoms with Gasteiger partial charge in [-0.25, -0.2) is 4.98 Å². The Hall–Kier alpha value is -2.40. The number of likely N-dealkylation sites (tertiary alicyclic amines) is 1. The van der Waals surface area contributed by atoms with Gasteiger partial charge in [-0.1, -0.05) is 23.9 Å².